The van der Waals surface area contributed by atoms with Crippen molar-refractivity contribution < 1.29 is 18.9 Å². The average molecular weight is 334 g/mol. The van der Waals surface area contributed by atoms with Gasteiger partial charge in [-0.3, -0.25) is 4.98 Å². The lowest BCUT2D eigenvalue weighted by atomic mass is 10.1. The number of nitrogens with zero attached hydrogens (tertiary/aromatic N) is 1. The molecule has 6 nitrogen and oxygen atoms in total. The highest BCUT2D eigenvalue weighted by atomic mass is 16.7. The standard InChI is InChI=1S/C18H26N2O4/c1-4-22-18(23-5-2)15-10-14-8-13(11-19)9-16(17(14)20-12-15)24-7-6-21-3/h8-10,12,18H,4-7,11,19H2,1-3H3. The van der Waals surface area contributed by atoms with Gasteiger partial charge in [0, 0.05) is 44.0 Å². The summed E-state index contributed by atoms with van der Waals surface area (Å²) < 4.78 is 22.1. The first-order valence-corrected chi connectivity index (χ1v) is 8.21. The first kappa shape index (κ1) is 18.6. The number of aromatic nitrogens is 1. The van der Waals surface area contributed by atoms with Gasteiger partial charge in [0.05, 0.1) is 6.61 Å². The third-order valence-corrected chi connectivity index (χ3v) is 3.52. The lowest BCUT2D eigenvalue weighted by Crippen LogP contribution is -2.10. The first-order chi connectivity index (χ1) is 11.7. The van der Waals surface area contributed by atoms with Gasteiger partial charge in [0.25, 0.3) is 0 Å². The van der Waals surface area contributed by atoms with Crippen LogP contribution in [-0.2, 0) is 20.8 Å². The lowest BCUT2D eigenvalue weighted by Gasteiger charge is -2.18. The molecule has 0 radical (unpaired) electrons. The van der Waals surface area contributed by atoms with Gasteiger partial charge in [0.15, 0.2) is 6.29 Å². The topological polar surface area (TPSA) is 75.8 Å². The summed E-state index contributed by atoms with van der Waals surface area (Å²) in [6, 6.07) is 5.96. The van der Waals surface area contributed by atoms with Crippen LogP contribution in [0.2, 0.25) is 0 Å². The molecule has 2 aromatic rings. The number of rotatable bonds is 10. The maximum absolute atomic E-state index is 5.81. The van der Waals surface area contributed by atoms with Crippen LogP contribution < -0.4 is 10.5 Å². The van der Waals surface area contributed by atoms with Gasteiger partial charge in [-0.15, -0.1) is 0 Å². The molecule has 1 heterocycles. The van der Waals surface area contributed by atoms with E-state index in [2.05, 4.69) is 4.98 Å². The van der Waals surface area contributed by atoms with Crippen LogP contribution in [0.5, 0.6) is 5.75 Å². The van der Waals surface area contributed by atoms with Crippen LogP contribution >= 0.6 is 0 Å². The van der Waals surface area contributed by atoms with Crippen LogP contribution in [0.1, 0.15) is 31.3 Å². The van der Waals surface area contributed by atoms with Gasteiger partial charge in [0.2, 0.25) is 0 Å². The third-order valence-electron chi connectivity index (χ3n) is 3.52. The molecule has 0 atom stereocenters. The van der Waals surface area contributed by atoms with E-state index in [1.807, 2.05) is 32.0 Å². The summed E-state index contributed by atoms with van der Waals surface area (Å²) in [5.41, 5.74) is 8.46. The van der Waals surface area contributed by atoms with E-state index >= 15 is 0 Å². The van der Waals surface area contributed by atoms with E-state index in [1.165, 1.54) is 0 Å². The molecule has 0 amide bonds. The smallest absolute Gasteiger partial charge is 0.185 e. The van der Waals surface area contributed by atoms with Crippen LogP contribution in [0.25, 0.3) is 10.9 Å². The zero-order chi connectivity index (χ0) is 17.4. The van der Waals surface area contributed by atoms with E-state index in [4.69, 9.17) is 24.7 Å². The summed E-state index contributed by atoms with van der Waals surface area (Å²) in [6.45, 7) is 6.42. The highest BCUT2D eigenvalue weighted by Crippen LogP contribution is 2.29. The molecular formula is C18H26N2O4. The molecule has 0 spiro atoms. The fourth-order valence-corrected chi connectivity index (χ4v) is 2.43. The van der Waals surface area contributed by atoms with Crippen molar-refractivity contribution in [2.75, 3.05) is 33.5 Å². The number of benzene rings is 1. The number of hydrogen-bond acceptors (Lipinski definition) is 6. The van der Waals surface area contributed by atoms with Gasteiger partial charge in [0.1, 0.15) is 17.9 Å². The minimum atomic E-state index is -0.420. The van der Waals surface area contributed by atoms with E-state index in [-0.39, 0.29) is 0 Å². The molecule has 0 bridgehead atoms. The number of hydrogen-bond donors (Lipinski definition) is 1. The fraction of sp³-hybridized carbons (Fsp3) is 0.500. The van der Waals surface area contributed by atoms with E-state index in [1.54, 1.807) is 13.3 Å². The molecule has 0 saturated carbocycles. The van der Waals surface area contributed by atoms with Crippen molar-refractivity contribution in [1.29, 1.82) is 0 Å². The van der Waals surface area contributed by atoms with Crippen molar-refractivity contribution >= 4 is 10.9 Å². The molecule has 6 heteroatoms. The Bertz CT molecular complexity index is 642. The Morgan fingerprint density at radius 1 is 1.08 bits per heavy atom. The molecular weight excluding hydrogens is 308 g/mol. The number of fused-ring (bicyclic) bond motifs is 1. The molecule has 1 aromatic carbocycles. The van der Waals surface area contributed by atoms with Crippen molar-refractivity contribution in [1.82, 2.24) is 4.98 Å². The summed E-state index contributed by atoms with van der Waals surface area (Å²) in [4.78, 5) is 4.55. The molecule has 0 unspecified atom stereocenters. The second-order valence-corrected chi connectivity index (χ2v) is 5.22. The number of ether oxygens (including phenoxy) is 4. The van der Waals surface area contributed by atoms with Crippen molar-refractivity contribution in [3.05, 3.63) is 35.5 Å². The number of methoxy groups -OCH3 is 1. The van der Waals surface area contributed by atoms with E-state index in [0.717, 1.165) is 22.0 Å². The van der Waals surface area contributed by atoms with Crippen LogP contribution in [-0.4, -0.2) is 38.5 Å². The van der Waals surface area contributed by atoms with Gasteiger partial charge >= 0.3 is 0 Å². The molecule has 24 heavy (non-hydrogen) atoms. The Balaban J connectivity index is 2.39. The Labute approximate surface area is 142 Å². The molecule has 1 aromatic heterocycles. The monoisotopic (exact) mass is 334 g/mol. The Hall–Kier alpha value is -1.73. The predicted molar refractivity (Wildman–Crippen MR) is 93.0 cm³/mol. The largest absolute Gasteiger partial charge is 0.489 e. The highest BCUT2D eigenvalue weighted by Gasteiger charge is 2.14. The van der Waals surface area contributed by atoms with Crippen molar-refractivity contribution in [3.63, 3.8) is 0 Å². The summed E-state index contributed by atoms with van der Waals surface area (Å²) in [6.07, 6.45) is 1.35. The molecule has 0 aliphatic rings. The molecule has 0 fully saturated rings. The second-order valence-electron chi connectivity index (χ2n) is 5.22. The summed E-state index contributed by atoms with van der Waals surface area (Å²) in [7, 11) is 1.64. The van der Waals surface area contributed by atoms with E-state index in [0.29, 0.717) is 38.7 Å². The summed E-state index contributed by atoms with van der Waals surface area (Å²) >= 11 is 0. The predicted octanol–water partition coefficient (Wildman–Crippen LogP) is 2.79. The zero-order valence-corrected chi connectivity index (χ0v) is 14.6. The maximum atomic E-state index is 5.81. The van der Waals surface area contributed by atoms with Crippen LogP contribution in [0, 0.1) is 0 Å². The summed E-state index contributed by atoms with van der Waals surface area (Å²) in [5.74, 6) is 0.709. The van der Waals surface area contributed by atoms with Gasteiger partial charge in [-0.05, 0) is 37.6 Å². The number of pyridine rings is 1. The van der Waals surface area contributed by atoms with Crippen molar-refractivity contribution in [2.45, 2.75) is 26.7 Å². The molecule has 0 saturated heterocycles. The minimum Gasteiger partial charge on any atom is -0.489 e. The second kappa shape index (κ2) is 9.54. The van der Waals surface area contributed by atoms with Gasteiger partial charge < -0.3 is 24.7 Å². The highest BCUT2D eigenvalue weighted by molar-refractivity contribution is 5.85. The lowest BCUT2D eigenvalue weighted by molar-refractivity contribution is -0.140. The average Bonchev–Trinajstić information content (AvgIpc) is 2.61. The maximum Gasteiger partial charge on any atom is 0.185 e. The van der Waals surface area contributed by atoms with Crippen LogP contribution in [0.4, 0.5) is 0 Å². The Morgan fingerprint density at radius 3 is 2.46 bits per heavy atom. The van der Waals surface area contributed by atoms with Gasteiger partial charge in [-0.25, -0.2) is 0 Å². The van der Waals surface area contributed by atoms with Crippen molar-refractivity contribution in [3.8, 4) is 5.75 Å². The number of nitrogens with two attached hydrogens (primary N) is 1. The Morgan fingerprint density at radius 2 is 1.83 bits per heavy atom. The van der Waals surface area contributed by atoms with Crippen molar-refractivity contribution in [2.24, 2.45) is 5.73 Å². The molecule has 132 valence electrons. The van der Waals surface area contributed by atoms with Crippen LogP contribution in [0.15, 0.2) is 24.4 Å². The molecule has 0 aliphatic carbocycles. The Kier molecular flexibility index (Phi) is 7.39. The first-order valence-electron chi connectivity index (χ1n) is 8.21. The van der Waals surface area contributed by atoms with Crippen LogP contribution in [0.3, 0.4) is 0 Å². The van der Waals surface area contributed by atoms with E-state index < -0.39 is 6.29 Å². The summed E-state index contributed by atoms with van der Waals surface area (Å²) in [5, 5.41) is 0.951. The third kappa shape index (κ3) is 4.64. The fourth-order valence-electron chi connectivity index (χ4n) is 2.43. The molecule has 0 aliphatic heterocycles. The SMILES string of the molecule is CCOC(OCC)c1cnc2c(OCCOC)cc(CN)cc2c1. The molecule has 2 N–H and O–H groups in total. The molecule has 2 rings (SSSR count). The van der Waals surface area contributed by atoms with Gasteiger partial charge in [-0.1, -0.05) is 0 Å². The zero-order valence-electron chi connectivity index (χ0n) is 14.6. The normalized spacial score (nSPS) is 11.4. The quantitative estimate of drug-likeness (QED) is 0.532. The van der Waals surface area contributed by atoms with E-state index in [9.17, 15) is 0 Å². The minimum absolute atomic E-state index is 0.420. The van der Waals surface area contributed by atoms with Gasteiger partial charge in [-0.2, -0.15) is 0 Å².